The van der Waals surface area contributed by atoms with E-state index in [9.17, 15) is 4.79 Å². The van der Waals surface area contributed by atoms with Crippen LogP contribution in [0.2, 0.25) is 0 Å². The van der Waals surface area contributed by atoms with Gasteiger partial charge in [0.05, 0.1) is 0 Å². The zero-order valence-electron chi connectivity index (χ0n) is 7.95. The smallest absolute Gasteiger partial charge is 0.251 e. The minimum Gasteiger partial charge on any atom is -0.397 e. The lowest BCUT2D eigenvalue weighted by atomic mass is 10.2. The zero-order chi connectivity index (χ0) is 10.1. The summed E-state index contributed by atoms with van der Waals surface area (Å²) in [5.41, 5.74) is 0.699. The molecular weight excluding hydrogens is 166 g/mol. The number of carbonyl (C=O) groups is 1. The Kier molecular flexibility index (Phi) is 6.55. The predicted molar refractivity (Wildman–Crippen MR) is 52.6 cm³/mol. The molecule has 3 heteroatoms. The van der Waals surface area contributed by atoms with Crippen molar-refractivity contribution < 1.29 is 9.90 Å². The highest BCUT2D eigenvalue weighted by molar-refractivity contribution is 5.93. The molecule has 0 atom stereocenters. The van der Waals surface area contributed by atoms with Gasteiger partial charge in [-0.25, -0.2) is 0 Å². The minimum atomic E-state index is -0.0411. The molecule has 0 radical (unpaired) electrons. The molecule has 0 bridgehead atoms. The van der Waals surface area contributed by atoms with Gasteiger partial charge >= 0.3 is 0 Å². The fraction of sp³-hybridized carbons (Fsp3) is 0.300. The van der Waals surface area contributed by atoms with Crippen LogP contribution in [0.1, 0.15) is 17.3 Å². The Labute approximate surface area is 78.4 Å². The highest BCUT2D eigenvalue weighted by Gasteiger charge is 1.97. The Morgan fingerprint density at radius 3 is 2.23 bits per heavy atom. The maximum absolute atomic E-state index is 10.9. The number of hydrogen-bond donors (Lipinski definition) is 2. The van der Waals surface area contributed by atoms with Gasteiger partial charge in [-0.2, -0.15) is 0 Å². The number of aliphatic hydroxyl groups is 1. The molecule has 0 heterocycles. The summed E-state index contributed by atoms with van der Waals surface area (Å²) in [6, 6.07) is 9.11. The van der Waals surface area contributed by atoms with Crippen LogP contribution in [0.15, 0.2) is 30.3 Å². The monoisotopic (exact) mass is 181 g/mol. The van der Waals surface area contributed by atoms with Crippen LogP contribution < -0.4 is 5.32 Å². The van der Waals surface area contributed by atoms with Crippen LogP contribution in [-0.2, 0) is 0 Å². The normalized spacial score (nSPS) is 8.23. The highest BCUT2D eigenvalue weighted by Crippen LogP contribution is 1.96. The third-order valence-electron chi connectivity index (χ3n) is 1.26. The van der Waals surface area contributed by atoms with Crippen LogP contribution in [0.25, 0.3) is 0 Å². The fourth-order valence-electron chi connectivity index (χ4n) is 0.734. The maximum atomic E-state index is 10.9. The van der Waals surface area contributed by atoms with Gasteiger partial charge in [0.1, 0.15) is 0 Å². The van der Waals surface area contributed by atoms with E-state index in [1.807, 2.05) is 18.2 Å². The molecule has 1 rings (SSSR count). The molecule has 0 aliphatic heterocycles. The van der Waals surface area contributed by atoms with E-state index in [0.717, 1.165) is 0 Å². The standard InChI is InChI=1S/C8H9NO.C2H6O/c1-9-8(10)7-5-3-2-4-6-7;1-2-3/h2-6H,1H3,(H,9,10);3H,2H2,1H3. The summed E-state index contributed by atoms with van der Waals surface area (Å²) in [6.07, 6.45) is 0. The first kappa shape index (κ1) is 11.6. The van der Waals surface area contributed by atoms with Crippen LogP contribution in [0.5, 0.6) is 0 Å². The first-order chi connectivity index (χ1) is 6.26. The molecule has 2 N–H and O–H groups in total. The van der Waals surface area contributed by atoms with Crippen LogP contribution in [0.3, 0.4) is 0 Å². The van der Waals surface area contributed by atoms with Crippen molar-refractivity contribution in [2.24, 2.45) is 0 Å². The summed E-state index contributed by atoms with van der Waals surface area (Å²) >= 11 is 0. The minimum absolute atomic E-state index is 0.0411. The average Bonchev–Trinajstić information content (AvgIpc) is 2.19. The van der Waals surface area contributed by atoms with Gasteiger partial charge in [-0.1, -0.05) is 18.2 Å². The van der Waals surface area contributed by atoms with E-state index < -0.39 is 0 Å². The van der Waals surface area contributed by atoms with E-state index in [0.29, 0.717) is 5.56 Å². The van der Waals surface area contributed by atoms with Crippen molar-refractivity contribution in [2.45, 2.75) is 6.92 Å². The molecule has 0 fully saturated rings. The molecule has 0 unspecified atom stereocenters. The highest BCUT2D eigenvalue weighted by atomic mass is 16.2. The second kappa shape index (κ2) is 7.31. The van der Waals surface area contributed by atoms with Gasteiger partial charge in [-0.3, -0.25) is 4.79 Å². The van der Waals surface area contributed by atoms with Gasteiger partial charge in [0, 0.05) is 19.2 Å². The molecular formula is C10H15NO2. The van der Waals surface area contributed by atoms with Crippen molar-refractivity contribution in [3.63, 3.8) is 0 Å². The predicted octanol–water partition coefficient (Wildman–Crippen LogP) is 1.04. The molecule has 1 aromatic rings. The first-order valence-corrected chi connectivity index (χ1v) is 4.14. The summed E-state index contributed by atoms with van der Waals surface area (Å²) in [5, 5.41) is 10.1. The topological polar surface area (TPSA) is 49.3 Å². The number of hydrogen-bond acceptors (Lipinski definition) is 2. The van der Waals surface area contributed by atoms with E-state index in [2.05, 4.69) is 5.32 Å². The van der Waals surface area contributed by atoms with Gasteiger partial charge in [-0.15, -0.1) is 0 Å². The van der Waals surface area contributed by atoms with Crippen molar-refractivity contribution in [2.75, 3.05) is 13.7 Å². The van der Waals surface area contributed by atoms with Crippen LogP contribution in [0, 0.1) is 0 Å². The quantitative estimate of drug-likeness (QED) is 0.680. The molecule has 0 saturated carbocycles. The molecule has 3 nitrogen and oxygen atoms in total. The second-order valence-corrected chi connectivity index (χ2v) is 2.26. The SMILES string of the molecule is CCO.CNC(=O)c1ccccc1. The molecule has 0 aromatic heterocycles. The average molecular weight is 181 g/mol. The summed E-state index contributed by atoms with van der Waals surface area (Å²) in [5.74, 6) is -0.0411. The molecule has 1 aromatic carbocycles. The Morgan fingerprint density at radius 1 is 1.38 bits per heavy atom. The van der Waals surface area contributed by atoms with Crippen molar-refractivity contribution in [3.8, 4) is 0 Å². The Hall–Kier alpha value is -1.35. The molecule has 13 heavy (non-hydrogen) atoms. The van der Waals surface area contributed by atoms with Crippen LogP contribution in [0.4, 0.5) is 0 Å². The summed E-state index contributed by atoms with van der Waals surface area (Å²) in [7, 11) is 1.62. The van der Waals surface area contributed by atoms with Gasteiger partial charge in [-0.05, 0) is 19.1 Å². The number of rotatable bonds is 1. The van der Waals surface area contributed by atoms with E-state index in [1.165, 1.54) is 0 Å². The maximum Gasteiger partial charge on any atom is 0.251 e. The summed E-state index contributed by atoms with van der Waals surface area (Å²) in [4.78, 5) is 10.9. The van der Waals surface area contributed by atoms with Crippen molar-refractivity contribution >= 4 is 5.91 Å². The molecule has 1 amide bonds. The fourth-order valence-corrected chi connectivity index (χ4v) is 0.734. The molecule has 0 spiro atoms. The Balaban J connectivity index is 0.000000424. The Morgan fingerprint density at radius 2 is 1.85 bits per heavy atom. The van der Waals surface area contributed by atoms with E-state index in [1.54, 1.807) is 26.1 Å². The number of aliphatic hydroxyl groups excluding tert-OH is 1. The summed E-state index contributed by atoms with van der Waals surface area (Å²) in [6.45, 7) is 1.93. The van der Waals surface area contributed by atoms with Gasteiger partial charge in [0.25, 0.3) is 5.91 Å². The second-order valence-electron chi connectivity index (χ2n) is 2.26. The number of amides is 1. The van der Waals surface area contributed by atoms with E-state index in [4.69, 9.17) is 5.11 Å². The molecule has 0 aliphatic rings. The van der Waals surface area contributed by atoms with Gasteiger partial charge < -0.3 is 10.4 Å². The van der Waals surface area contributed by atoms with Crippen LogP contribution >= 0.6 is 0 Å². The van der Waals surface area contributed by atoms with Crippen molar-refractivity contribution in [3.05, 3.63) is 35.9 Å². The number of benzene rings is 1. The Bertz CT molecular complexity index is 234. The third kappa shape index (κ3) is 4.98. The molecule has 0 aliphatic carbocycles. The number of nitrogens with one attached hydrogen (secondary N) is 1. The lowest BCUT2D eigenvalue weighted by molar-refractivity contribution is 0.0963. The zero-order valence-corrected chi connectivity index (χ0v) is 7.95. The first-order valence-electron chi connectivity index (χ1n) is 4.14. The van der Waals surface area contributed by atoms with Gasteiger partial charge in [0.2, 0.25) is 0 Å². The largest absolute Gasteiger partial charge is 0.397 e. The summed E-state index contributed by atoms with van der Waals surface area (Å²) < 4.78 is 0. The molecule has 0 saturated heterocycles. The van der Waals surface area contributed by atoms with Crippen molar-refractivity contribution in [1.82, 2.24) is 5.32 Å². The lowest BCUT2D eigenvalue weighted by Crippen LogP contribution is -2.17. The van der Waals surface area contributed by atoms with E-state index in [-0.39, 0.29) is 12.5 Å². The van der Waals surface area contributed by atoms with Crippen molar-refractivity contribution in [1.29, 1.82) is 0 Å². The molecule has 72 valence electrons. The number of carbonyl (C=O) groups excluding carboxylic acids is 1. The lowest BCUT2D eigenvalue weighted by Gasteiger charge is -1.96. The van der Waals surface area contributed by atoms with Gasteiger partial charge in [0.15, 0.2) is 0 Å². The van der Waals surface area contributed by atoms with E-state index >= 15 is 0 Å². The van der Waals surface area contributed by atoms with Crippen LogP contribution in [-0.4, -0.2) is 24.7 Å². The third-order valence-corrected chi connectivity index (χ3v) is 1.26.